The Balaban J connectivity index is 2.13. The summed E-state index contributed by atoms with van der Waals surface area (Å²) in [6, 6.07) is 15.8. The number of benzene rings is 2. The molecule has 0 atom stereocenters. The van der Waals surface area contributed by atoms with Gasteiger partial charge in [0, 0.05) is 17.1 Å². The predicted molar refractivity (Wildman–Crippen MR) is 110 cm³/mol. The zero-order valence-electron chi connectivity index (χ0n) is 15.5. The van der Waals surface area contributed by atoms with Crippen LogP contribution in [0.1, 0.15) is 22.3 Å². The fourth-order valence-electron chi connectivity index (χ4n) is 2.36. The molecule has 142 valence electrons. The van der Waals surface area contributed by atoms with Gasteiger partial charge in [-0.2, -0.15) is 0 Å². The monoisotopic (exact) mass is 385 g/mol. The molecule has 27 heavy (non-hydrogen) atoms. The number of nitrogens with one attached hydrogen (secondary N) is 2. The van der Waals surface area contributed by atoms with E-state index in [1.165, 1.54) is 0 Å². The first-order valence-corrected chi connectivity index (χ1v) is 9.10. The summed E-state index contributed by atoms with van der Waals surface area (Å²) < 4.78 is 0. The summed E-state index contributed by atoms with van der Waals surface area (Å²) in [6.07, 6.45) is 2.46. The molecule has 5 nitrogen and oxygen atoms in total. The van der Waals surface area contributed by atoms with Crippen LogP contribution in [0.15, 0.2) is 60.3 Å². The van der Waals surface area contributed by atoms with E-state index in [1.807, 2.05) is 25.1 Å². The molecule has 0 aliphatic carbocycles. The average Bonchev–Trinajstić information content (AvgIpc) is 2.66. The quantitative estimate of drug-likeness (QED) is 0.542. The van der Waals surface area contributed by atoms with Crippen molar-refractivity contribution in [1.29, 1.82) is 0 Å². The summed E-state index contributed by atoms with van der Waals surface area (Å²) in [7, 11) is 3.96. The van der Waals surface area contributed by atoms with E-state index in [0.717, 1.165) is 18.5 Å². The summed E-state index contributed by atoms with van der Waals surface area (Å²) in [5.74, 6) is -0.660. The maximum atomic E-state index is 12.6. The smallest absolute Gasteiger partial charge is 0.267 e. The number of rotatable bonds is 8. The number of hydrogen-bond acceptors (Lipinski definition) is 3. The lowest BCUT2D eigenvalue weighted by atomic mass is 10.1. The molecule has 0 fully saturated rings. The Morgan fingerprint density at radius 2 is 1.70 bits per heavy atom. The molecule has 0 heterocycles. The van der Waals surface area contributed by atoms with Gasteiger partial charge in [-0.25, -0.2) is 0 Å². The van der Waals surface area contributed by atoms with Crippen molar-refractivity contribution in [2.24, 2.45) is 0 Å². The highest BCUT2D eigenvalue weighted by molar-refractivity contribution is 6.30. The molecule has 0 bridgehead atoms. The molecular formula is C21H24ClN3O2. The SMILES string of the molecule is CN(C)CCCNC(=O)C(=Cc1ccc(Cl)cc1)NC(=O)c1ccccc1. The molecule has 0 aliphatic heterocycles. The van der Waals surface area contributed by atoms with E-state index in [0.29, 0.717) is 17.1 Å². The third-order valence-corrected chi connectivity index (χ3v) is 4.03. The molecule has 0 unspecified atom stereocenters. The number of amides is 2. The van der Waals surface area contributed by atoms with Crippen molar-refractivity contribution in [2.45, 2.75) is 6.42 Å². The van der Waals surface area contributed by atoms with Crippen LogP contribution in [0.3, 0.4) is 0 Å². The van der Waals surface area contributed by atoms with Gasteiger partial charge in [0.1, 0.15) is 5.70 Å². The summed E-state index contributed by atoms with van der Waals surface area (Å²) in [5, 5.41) is 6.17. The number of halogens is 1. The van der Waals surface area contributed by atoms with Crippen LogP contribution in [0, 0.1) is 0 Å². The molecule has 0 radical (unpaired) electrons. The van der Waals surface area contributed by atoms with Crippen molar-refractivity contribution in [3.63, 3.8) is 0 Å². The second kappa shape index (κ2) is 10.5. The first kappa shape index (κ1) is 20.7. The Morgan fingerprint density at radius 1 is 1.04 bits per heavy atom. The topological polar surface area (TPSA) is 61.4 Å². The van der Waals surface area contributed by atoms with E-state index in [9.17, 15) is 9.59 Å². The summed E-state index contributed by atoms with van der Waals surface area (Å²) in [5.41, 5.74) is 1.45. The Kier molecular flexibility index (Phi) is 8.04. The Bertz CT molecular complexity index is 787. The Morgan fingerprint density at radius 3 is 2.33 bits per heavy atom. The van der Waals surface area contributed by atoms with Crippen LogP contribution in [0.2, 0.25) is 5.02 Å². The second-order valence-corrected chi connectivity index (χ2v) is 6.78. The summed E-state index contributed by atoms with van der Waals surface area (Å²) in [6.45, 7) is 1.39. The standard InChI is InChI=1S/C21H24ClN3O2/c1-25(2)14-6-13-23-21(27)19(15-16-9-11-18(22)12-10-16)24-20(26)17-7-4-3-5-8-17/h3-5,7-12,15H,6,13-14H2,1-2H3,(H,23,27)(H,24,26). The molecule has 2 aromatic rings. The highest BCUT2D eigenvalue weighted by Gasteiger charge is 2.14. The zero-order valence-corrected chi connectivity index (χ0v) is 16.3. The van der Waals surface area contributed by atoms with Crippen molar-refractivity contribution in [2.75, 3.05) is 27.2 Å². The molecule has 2 rings (SSSR count). The van der Waals surface area contributed by atoms with Crippen LogP contribution in [0.25, 0.3) is 6.08 Å². The molecule has 0 spiro atoms. The van der Waals surface area contributed by atoms with Gasteiger partial charge in [0.2, 0.25) is 0 Å². The molecule has 2 N–H and O–H groups in total. The van der Waals surface area contributed by atoms with E-state index in [-0.39, 0.29) is 17.5 Å². The average molecular weight is 386 g/mol. The molecule has 2 aromatic carbocycles. The van der Waals surface area contributed by atoms with Crippen LogP contribution in [-0.2, 0) is 4.79 Å². The minimum Gasteiger partial charge on any atom is -0.351 e. The van der Waals surface area contributed by atoms with Crippen molar-refractivity contribution in [3.05, 3.63) is 76.4 Å². The molecule has 0 saturated carbocycles. The van der Waals surface area contributed by atoms with Crippen molar-refractivity contribution in [3.8, 4) is 0 Å². The van der Waals surface area contributed by atoms with Gasteiger partial charge in [0.25, 0.3) is 11.8 Å². The third kappa shape index (κ3) is 7.25. The number of carbonyl (C=O) groups is 2. The Labute approximate surface area is 165 Å². The fourth-order valence-corrected chi connectivity index (χ4v) is 2.49. The minimum atomic E-state index is -0.334. The molecular weight excluding hydrogens is 362 g/mol. The van der Waals surface area contributed by atoms with Crippen LogP contribution in [0.4, 0.5) is 0 Å². The highest BCUT2D eigenvalue weighted by Crippen LogP contribution is 2.12. The van der Waals surface area contributed by atoms with E-state index < -0.39 is 0 Å². The number of nitrogens with zero attached hydrogens (tertiary/aromatic N) is 1. The van der Waals surface area contributed by atoms with Crippen LogP contribution >= 0.6 is 11.6 Å². The van der Waals surface area contributed by atoms with E-state index in [4.69, 9.17) is 11.6 Å². The maximum Gasteiger partial charge on any atom is 0.267 e. The minimum absolute atomic E-state index is 0.191. The van der Waals surface area contributed by atoms with Crippen LogP contribution in [0.5, 0.6) is 0 Å². The lowest BCUT2D eigenvalue weighted by molar-refractivity contribution is -0.117. The van der Waals surface area contributed by atoms with E-state index >= 15 is 0 Å². The fraction of sp³-hybridized carbons (Fsp3) is 0.238. The highest BCUT2D eigenvalue weighted by atomic mass is 35.5. The zero-order chi connectivity index (χ0) is 19.6. The third-order valence-electron chi connectivity index (χ3n) is 3.78. The lowest BCUT2D eigenvalue weighted by Gasteiger charge is -2.13. The van der Waals surface area contributed by atoms with Gasteiger partial charge in [0.05, 0.1) is 0 Å². The van der Waals surface area contributed by atoms with Gasteiger partial charge < -0.3 is 15.5 Å². The van der Waals surface area contributed by atoms with Gasteiger partial charge in [0.15, 0.2) is 0 Å². The molecule has 0 aliphatic rings. The molecule has 0 saturated heterocycles. The van der Waals surface area contributed by atoms with Crippen LogP contribution in [-0.4, -0.2) is 43.9 Å². The second-order valence-electron chi connectivity index (χ2n) is 6.34. The van der Waals surface area contributed by atoms with Gasteiger partial charge in [-0.1, -0.05) is 41.9 Å². The number of hydrogen-bond donors (Lipinski definition) is 2. The molecule has 6 heteroatoms. The number of carbonyl (C=O) groups excluding carboxylic acids is 2. The predicted octanol–water partition coefficient (Wildman–Crippen LogP) is 3.18. The largest absolute Gasteiger partial charge is 0.351 e. The van der Waals surface area contributed by atoms with Gasteiger partial charge >= 0.3 is 0 Å². The first-order valence-electron chi connectivity index (χ1n) is 8.72. The van der Waals surface area contributed by atoms with Crippen LogP contribution < -0.4 is 10.6 Å². The van der Waals surface area contributed by atoms with Gasteiger partial charge in [-0.3, -0.25) is 9.59 Å². The van der Waals surface area contributed by atoms with Crippen molar-refractivity contribution in [1.82, 2.24) is 15.5 Å². The lowest BCUT2D eigenvalue weighted by Crippen LogP contribution is -2.36. The van der Waals surface area contributed by atoms with Gasteiger partial charge in [-0.05, 0) is 63.0 Å². The van der Waals surface area contributed by atoms with E-state index in [1.54, 1.807) is 54.6 Å². The molecule has 0 aromatic heterocycles. The van der Waals surface area contributed by atoms with Crippen molar-refractivity contribution < 1.29 is 9.59 Å². The normalized spacial score (nSPS) is 11.3. The summed E-state index contributed by atoms with van der Waals surface area (Å²) >= 11 is 5.91. The maximum absolute atomic E-state index is 12.6. The van der Waals surface area contributed by atoms with Gasteiger partial charge in [-0.15, -0.1) is 0 Å². The summed E-state index contributed by atoms with van der Waals surface area (Å²) in [4.78, 5) is 27.1. The Hall–Kier alpha value is -2.63. The first-order chi connectivity index (χ1) is 13.0. The van der Waals surface area contributed by atoms with E-state index in [2.05, 4.69) is 10.6 Å². The van der Waals surface area contributed by atoms with Crippen molar-refractivity contribution >= 4 is 29.5 Å². The molecule has 2 amide bonds.